The molecule has 0 aliphatic rings. The van der Waals surface area contributed by atoms with Crippen LogP contribution in [0.4, 0.5) is 4.39 Å². The van der Waals surface area contributed by atoms with Crippen LogP contribution in [0.15, 0.2) is 18.5 Å². The molecular weight excluding hydrogens is 203 g/mol. The highest BCUT2D eigenvalue weighted by molar-refractivity contribution is 5.17. The Morgan fingerprint density at radius 3 is 2.62 bits per heavy atom. The van der Waals surface area contributed by atoms with Gasteiger partial charge in [0, 0.05) is 17.8 Å². The van der Waals surface area contributed by atoms with Crippen molar-refractivity contribution in [1.29, 1.82) is 0 Å². The van der Waals surface area contributed by atoms with Gasteiger partial charge >= 0.3 is 0 Å². The van der Waals surface area contributed by atoms with Crippen LogP contribution in [-0.4, -0.2) is 12.0 Å². The second kappa shape index (κ2) is 5.39. The topological polar surface area (TPSA) is 24.9 Å². The van der Waals surface area contributed by atoms with Crippen molar-refractivity contribution < 1.29 is 4.39 Å². The summed E-state index contributed by atoms with van der Waals surface area (Å²) in [5, 5.41) is 3.16. The number of hydrogen-bond acceptors (Lipinski definition) is 2. The van der Waals surface area contributed by atoms with Crippen molar-refractivity contribution in [3.63, 3.8) is 0 Å². The molecule has 1 heterocycles. The summed E-state index contributed by atoms with van der Waals surface area (Å²) in [6, 6.07) is 1.82. The number of pyridine rings is 1. The Balaban J connectivity index is 2.72. The van der Waals surface area contributed by atoms with Crippen molar-refractivity contribution in [2.75, 3.05) is 7.05 Å². The molecule has 0 amide bonds. The second-order valence-electron chi connectivity index (χ2n) is 5.34. The maximum atomic E-state index is 13.5. The molecule has 1 atom stereocenters. The van der Waals surface area contributed by atoms with Crippen molar-refractivity contribution in [3.05, 3.63) is 29.8 Å². The maximum absolute atomic E-state index is 13.5. The maximum Gasteiger partial charge on any atom is 0.146 e. The largest absolute Gasteiger partial charge is 0.313 e. The lowest BCUT2D eigenvalue weighted by Gasteiger charge is -2.23. The Labute approximate surface area is 97.3 Å². The highest BCUT2D eigenvalue weighted by Crippen LogP contribution is 2.27. The fourth-order valence-electron chi connectivity index (χ4n) is 1.70. The number of nitrogens with one attached hydrogen (secondary N) is 1. The minimum atomic E-state index is -0.226. The Morgan fingerprint density at radius 2 is 2.12 bits per heavy atom. The monoisotopic (exact) mass is 224 g/mol. The van der Waals surface area contributed by atoms with Gasteiger partial charge in [-0.25, -0.2) is 4.39 Å². The van der Waals surface area contributed by atoms with Crippen LogP contribution in [0.1, 0.15) is 45.2 Å². The van der Waals surface area contributed by atoms with E-state index in [-0.39, 0.29) is 17.3 Å². The second-order valence-corrected chi connectivity index (χ2v) is 5.34. The van der Waals surface area contributed by atoms with E-state index < -0.39 is 0 Å². The van der Waals surface area contributed by atoms with Crippen molar-refractivity contribution in [2.45, 2.75) is 39.7 Å². The normalized spacial score (nSPS) is 13.8. The lowest BCUT2D eigenvalue weighted by molar-refractivity contribution is 0.335. The SMILES string of the molecule is CNC(CCC(C)(C)C)c1ccncc1F. The zero-order valence-corrected chi connectivity index (χ0v) is 10.5. The predicted molar refractivity (Wildman–Crippen MR) is 64.7 cm³/mol. The van der Waals surface area contributed by atoms with Crippen LogP contribution in [0.5, 0.6) is 0 Å². The number of aromatic nitrogens is 1. The van der Waals surface area contributed by atoms with Crippen LogP contribution in [0.2, 0.25) is 0 Å². The van der Waals surface area contributed by atoms with Gasteiger partial charge in [-0.2, -0.15) is 0 Å². The van der Waals surface area contributed by atoms with Gasteiger partial charge in [-0.1, -0.05) is 20.8 Å². The van der Waals surface area contributed by atoms with E-state index in [2.05, 4.69) is 31.1 Å². The van der Waals surface area contributed by atoms with Gasteiger partial charge < -0.3 is 5.32 Å². The van der Waals surface area contributed by atoms with E-state index >= 15 is 0 Å². The van der Waals surface area contributed by atoms with Gasteiger partial charge in [0.1, 0.15) is 5.82 Å². The average molecular weight is 224 g/mol. The third-order valence-electron chi connectivity index (χ3n) is 2.71. The summed E-state index contributed by atoms with van der Waals surface area (Å²) in [6.45, 7) is 6.59. The van der Waals surface area contributed by atoms with Crippen molar-refractivity contribution in [2.24, 2.45) is 5.41 Å². The van der Waals surface area contributed by atoms with Crippen molar-refractivity contribution >= 4 is 0 Å². The van der Waals surface area contributed by atoms with Crippen molar-refractivity contribution in [3.8, 4) is 0 Å². The van der Waals surface area contributed by atoms with Gasteiger partial charge in [0.25, 0.3) is 0 Å². The van der Waals surface area contributed by atoms with Gasteiger partial charge in [0.2, 0.25) is 0 Å². The molecule has 1 aromatic heterocycles. The summed E-state index contributed by atoms with van der Waals surface area (Å²) in [5.41, 5.74) is 0.986. The molecule has 0 saturated carbocycles. The van der Waals surface area contributed by atoms with Crippen LogP contribution in [0.3, 0.4) is 0 Å². The van der Waals surface area contributed by atoms with E-state index in [0.29, 0.717) is 5.56 Å². The van der Waals surface area contributed by atoms with E-state index in [1.165, 1.54) is 6.20 Å². The molecule has 2 nitrogen and oxygen atoms in total. The predicted octanol–water partition coefficient (Wildman–Crippen LogP) is 3.31. The first-order valence-electron chi connectivity index (χ1n) is 5.71. The quantitative estimate of drug-likeness (QED) is 0.848. The molecule has 1 rings (SSSR count). The zero-order valence-electron chi connectivity index (χ0n) is 10.5. The molecule has 0 fully saturated rings. The molecule has 0 bridgehead atoms. The van der Waals surface area contributed by atoms with E-state index in [1.54, 1.807) is 12.3 Å². The summed E-state index contributed by atoms with van der Waals surface area (Å²) < 4.78 is 13.5. The molecular formula is C13H21FN2. The lowest BCUT2D eigenvalue weighted by Crippen LogP contribution is -2.20. The fourth-order valence-corrected chi connectivity index (χ4v) is 1.70. The van der Waals surface area contributed by atoms with Crippen molar-refractivity contribution in [1.82, 2.24) is 10.3 Å². The highest BCUT2D eigenvalue weighted by atomic mass is 19.1. The number of hydrogen-bond donors (Lipinski definition) is 1. The number of halogens is 1. The summed E-state index contributed by atoms with van der Waals surface area (Å²) >= 11 is 0. The Hall–Kier alpha value is -0.960. The molecule has 0 radical (unpaired) electrons. The Bertz CT molecular complexity index is 331. The summed E-state index contributed by atoms with van der Waals surface area (Å²) in [4.78, 5) is 3.77. The third-order valence-corrected chi connectivity index (χ3v) is 2.71. The smallest absolute Gasteiger partial charge is 0.146 e. The molecule has 0 aliphatic carbocycles. The van der Waals surface area contributed by atoms with E-state index in [1.807, 2.05) is 7.05 Å². The molecule has 16 heavy (non-hydrogen) atoms. The van der Waals surface area contributed by atoms with E-state index in [0.717, 1.165) is 12.8 Å². The summed E-state index contributed by atoms with van der Waals surface area (Å²) in [5.74, 6) is -0.226. The summed E-state index contributed by atoms with van der Waals surface area (Å²) in [7, 11) is 1.87. The molecule has 90 valence electrons. The van der Waals surface area contributed by atoms with E-state index in [4.69, 9.17) is 0 Å². The first-order chi connectivity index (χ1) is 7.44. The van der Waals surface area contributed by atoms with Crippen LogP contribution in [-0.2, 0) is 0 Å². The lowest BCUT2D eigenvalue weighted by atomic mass is 9.87. The van der Waals surface area contributed by atoms with Crippen LogP contribution >= 0.6 is 0 Å². The van der Waals surface area contributed by atoms with Gasteiger partial charge in [0.15, 0.2) is 0 Å². The minimum absolute atomic E-state index is 0.0715. The third kappa shape index (κ3) is 3.89. The summed E-state index contributed by atoms with van der Waals surface area (Å²) in [6.07, 6.45) is 4.90. The van der Waals surface area contributed by atoms with Crippen LogP contribution in [0.25, 0.3) is 0 Å². The Kier molecular flexibility index (Phi) is 4.42. The van der Waals surface area contributed by atoms with Gasteiger partial charge in [-0.05, 0) is 31.4 Å². The molecule has 3 heteroatoms. The zero-order chi connectivity index (χ0) is 12.2. The first-order valence-corrected chi connectivity index (χ1v) is 5.71. The van der Waals surface area contributed by atoms with E-state index in [9.17, 15) is 4.39 Å². The van der Waals surface area contributed by atoms with Gasteiger partial charge in [-0.3, -0.25) is 4.98 Å². The molecule has 0 aliphatic heterocycles. The fraction of sp³-hybridized carbons (Fsp3) is 0.615. The standard InChI is InChI=1S/C13H21FN2/c1-13(2,3)7-5-12(15-4)10-6-8-16-9-11(10)14/h6,8-9,12,15H,5,7H2,1-4H3. The van der Waals surface area contributed by atoms with Crippen LogP contribution < -0.4 is 5.32 Å². The van der Waals surface area contributed by atoms with Gasteiger partial charge in [0.05, 0.1) is 6.20 Å². The van der Waals surface area contributed by atoms with Crippen LogP contribution in [0, 0.1) is 11.2 Å². The Morgan fingerprint density at radius 1 is 1.44 bits per heavy atom. The minimum Gasteiger partial charge on any atom is -0.313 e. The molecule has 1 N–H and O–H groups in total. The first kappa shape index (κ1) is 13.1. The molecule has 0 aromatic carbocycles. The number of rotatable bonds is 4. The molecule has 0 spiro atoms. The average Bonchev–Trinajstić information content (AvgIpc) is 2.20. The number of nitrogens with zero attached hydrogens (tertiary/aromatic N) is 1. The van der Waals surface area contributed by atoms with Gasteiger partial charge in [-0.15, -0.1) is 0 Å². The molecule has 1 unspecified atom stereocenters. The molecule has 0 saturated heterocycles. The highest BCUT2D eigenvalue weighted by Gasteiger charge is 2.17. The molecule has 1 aromatic rings.